The minimum Gasteiger partial charge on any atom is -0.480 e. The van der Waals surface area contributed by atoms with Crippen molar-refractivity contribution in [2.24, 2.45) is 0 Å². The van der Waals surface area contributed by atoms with E-state index >= 15 is 0 Å². The van der Waals surface area contributed by atoms with E-state index in [9.17, 15) is 14.4 Å². The summed E-state index contributed by atoms with van der Waals surface area (Å²) in [6, 6.07) is 3.13. The molecule has 136 valence electrons. The van der Waals surface area contributed by atoms with Crippen molar-refractivity contribution in [1.82, 2.24) is 9.97 Å². The molecule has 26 heavy (non-hydrogen) atoms. The zero-order valence-electron chi connectivity index (χ0n) is 13.9. The van der Waals surface area contributed by atoms with E-state index < -0.39 is 17.8 Å². The lowest BCUT2D eigenvalue weighted by molar-refractivity contribution is -0.123. The molecule has 2 aromatic heterocycles. The number of hydrogen-bond donors (Lipinski definition) is 2. The maximum absolute atomic E-state index is 12.3. The van der Waals surface area contributed by atoms with E-state index in [-0.39, 0.29) is 29.9 Å². The highest BCUT2D eigenvalue weighted by molar-refractivity contribution is 7.17. The summed E-state index contributed by atoms with van der Waals surface area (Å²) in [5.41, 5.74) is 6.09. The SMILES string of the molecule is COC(=O)c1sc(NC(=O)CN2C(=O)COc3ccc(N)nc32)nc1C. The molecule has 0 aliphatic carbocycles. The van der Waals surface area contributed by atoms with Crippen LogP contribution in [-0.4, -0.2) is 48.0 Å². The van der Waals surface area contributed by atoms with Gasteiger partial charge < -0.3 is 20.5 Å². The van der Waals surface area contributed by atoms with Crippen LogP contribution >= 0.6 is 11.3 Å². The Hall–Kier alpha value is -3.21. The number of nitrogen functional groups attached to an aromatic ring is 1. The largest absolute Gasteiger partial charge is 0.480 e. The van der Waals surface area contributed by atoms with Crippen LogP contribution in [0.1, 0.15) is 15.4 Å². The highest BCUT2D eigenvalue weighted by atomic mass is 32.1. The van der Waals surface area contributed by atoms with Gasteiger partial charge in [-0.25, -0.2) is 14.8 Å². The number of rotatable bonds is 4. The summed E-state index contributed by atoms with van der Waals surface area (Å²) in [4.78, 5) is 45.7. The Morgan fingerprint density at radius 2 is 2.19 bits per heavy atom. The number of nitrogens with two attached hydrogens (primary N) is 1. The van der Waals surface area contributed by atoms with Crippen molar-refractivity contribution in [2.45, 2.75) is 6.92 Å². The van der Waals surface area contributed by atoms with Gasteiger partial charge in [0.25, 0.3) is 5.91 Å². The fourth-order valence-electron chi connectivity index (χ4n) is 2.29. The molecule has 3 rings (SSSR count). The lowest BCUT2D eigenvalue weighted by atomic mass is 10.3. The lowest BCUT2D eigenvalue weighted by Crippen LogP contribution is -2.44. The van der Waals surface area contributed by atoms with Crippen LogP contribution in [0.5, 0.6) is 5.75 Å². The molecule has 0 bridgehead atoms. The van der Waals surface area contributed by atoms with Gasteiger partial charge >= 0.3 is 5.97 Å². The molecule has 0 radical (unpaired) electrons. The molecule has 0 atom stereocenters. The molecule has 0 fully saturated rings. The quantitative estimate of drug-likeness (QED) is 0.738. The van der Waals surface area contributed by atoms with Crippen molar-refractivity contribution in [3.05, 3.63) is 22.7 Å². The van der Waals surface area contributed by atoms with Crippen molar-refractivity contribution < 1.29 is 23.9 Å². The van der Waals surface area contributed by atoms with Gasteiger partial charge in [-0.3, -0.25) is 14.5 Å². The Kier molecular flexibility index (Phi) is 4.71. The number of carbonyl (C=O) groups excluding carboxylic acids is 3. The molecule has 1 aliphatic heterocycles. The number of ether oxygens (including phenoxy) is 2. The van der Waals surface area contributed by atoms with Gasteiger partial charge in [0.05, 0.1) is 12.8 Å². The number of aryl methyl sites for hydroxylation is 1. The first-order chi connectivity index (χ1) is 12.4. The van der Waals surface area contributed by atoms with Crippen LogP contribution in [0.2, 0.25) is 0 Å². The molecule has 0 unspecified atom stereocenters. The molecule has 11 heteroatoms. The van der Waals surface area contributed by atoms with Crippen molar-refractivity contribution in [3.63, 3.8) is 0 Å². The van der Waals surface area contributed by atoms with E-state index in [1.807, 2.05) is 0 Å². The second kappa shape index (κ2) is 6.96. The van der Waals surface area contributed by atoms with Gasteiger partial charge in [0.15, 0.2) is 23.3 Å². The molecule has 0 saturated heterocycles. The smallest absolute Gasteiger partial charge is 0.350 e. The number of thiazole rings is 1. The molecular formula is C15H15N5O5S. The average Bonchev–Trinajstić information content (AvgIpc) is 2.97. The minimum atomic E-state index is -0.530. The van der Waals surface area contributed by atoms with E-state index in [2.05, 4.69) is 20.0 Å². The number of pyridine rings is 1. The van der Waals surface area contributed by atoms with Crippen molar-refractivity contribution >= 4 is 45.9 Å². The highest BCUT2D eigenvalue weighted by Gasteiger charge is 2.29. The summed E-state index contributed by atoms with van der Waals surface area (Å²) in [6.45, 7) is 1.14. The summed E-state index contributed by atoms with van der Waals surface area (Å²) in [5, 5.41) is 2.79. The molecule has 1 aliphatic rings. The first-order valence-corrected chi connectivity index (χ1v) is 8.26. The first-order valence-electron chi connectivity index (χ1n) is 7.44. The standard InChI is InChI=1S/C15H15N5O5S/c1-7-12(14(23)24-2)26-15(17-7)19-10(21)5-20-11(22)6-25-8-3-4-9(16)18-13(8)20/h3-4H,5-6H2,1-2H3,(H2,16,18)(H,17,19,21). The number of carbonyl (C=O) groups is 3. The Morgan fingerprint density at radius 3 is 2.92 bits per heavy atom. The predicted molar refractivity (Wildman–Crippen MR) is 93.3 cm³/mol. The van der Waals surface area contributed by atoms with Gasteiger partial charge in [0.1, 0.15) is 17.2 Å². The van der Waals surface area contributed by atoms with Crippen LogP contribution in [0.3, 0.4) is 0 Å². The van der Waals surface area contributed by atoms with E-state index in [4.69, 9.17) is 10.5 Å². The zero-order valence-corrected chi connectivity index (χ0v) is 14.8. The Labute approximate surface area is 151 Å². The van der Waals surface area contributed by atoms with Gasteiger partial charge in [-0.15, -0.1) is 0 Å². The molecule has 2 amide bonds. The molecule has 2 aromatic rings. The van der Waals surface area contributed by atoms with Gasteiger partial charge in [0.2, 0.25) is 5.91 Å². The van der Waals surface area contributed by atoms with Crippen LogP contribution < -0.4 is 20.7 Å². The maximum atomic E-state index is 12.3. The van der Waals surface area contributed by atoms with Gasteiger partial charge in [-0.05, 0) is 19.1 Å². The van der Waals surface area contributed by atoms with Crippen molar-refractivity contribution in [2.75, 3.05) is 36.2 Å². The third kappa shape index (κ3) is 3.42. The van der Waals surface area contributed by atoms with Crippen LogP contribution in [0, 0.1) is 6.92 Å². The Bertz CT molecular complexity index is 897. The van der Waals surface area contributed by atoms with Crippen LogP contribution in [0.25, 0.3) is 0 Å². The van der Waals surface area contributed by atoms with Gasteiger partial charge in [-0.1, -0.05) is 11.3 Å². The van der Waals surface area contributed by atoms with Crippen LogP contribution in [-0.2, 0) is 14.3 Å². The van der Waals surface area contributed by atoms with E-state index in [1.165, 1.54) is 12.0 Å². The van der Waals surface area contributed by atoms with E-state index in [0.29, 0.717) is 16.3 Å². The molecular weight excluding hydrogens is 362 g/mol. The number of anilines is 3. The maximum Gasteiger partial charge on any atom is 0.350 e. The number of esters is 1. The summed E-state index contributed by atoms with van der Waals surface area (Å²) in [6.07, 6.45) is 0. The summed E-state index contributed by atoms with van der Waals surface area (Å²) in [5.74, 6) is -0.702. The molecule has 3 heterocycles. The third-order valence-corrected chi connectivity index (χ3v) is 4.54. The number of nitrogens with one attached hydrogen (secondary N) is 1. The molecule has 10 nitrogen and oxygen atoms in total. The molecule has 0 aromatic carbocycles. The average molecular weight is 377 g/mol. The van der Waals surface area contributed by atoms with Gasteiger partial charge in [-0.2, -0.15) is 0 Å². The zero-order chi connectivity index (χ0) is 18.8. The number of hydrogen-bond acceptors (Lipinski definition) is 9. The number of nitrogens with zero attached hydrogens (tertiary/aromatic N) is 3. The minimum absolute atomic E-state index is 0.182. The van der Waals surface area contributed by atoms with Gasteiger partial charge in [0, 0.05) is 0 Å². The second-order valence-electron chi connectivity index (χ2n) is 5.30. The first kappa shape index (κ1) is 17.6. The van der Waals surface area contributed by atoms with Crippen molar-refractivity contribution in [3.8, 4) is 5.75 Å². The summed E-state index contributed by atoms with van der Waals surface area (Å²) < 4.78 is 9.93. The molecule has 3 N–H and O–H groups in total. The lowest BCUT2D eigenvalue weighted by Gasteiger charge is -2.27. The third-order valence-electron chi connectivity index (χ3n) is 3.48. The van der Waals surface area contributed by atoms with Crippen LogP contribution in [0.4, 0.5) is 16.8 Å². The fraction of sp³-hybridized carbons (Fsp3) is 0.267. The monoisotopic (exact) mass is 377 g/mol. The Morgan fingerprint density at radius 1 is 1.42 bits per heavy atom. The Balaban J connectivity index is 1.76. The molecule has 0 spiro atoms. The second-order valence-corrected chi connectivity index (χ2v) is 6.30. The fourth-order valence-corrected chi connectivity index (χ4v) is 3.19. The molecule has 0 saturated carbocycles. The van der Waals surface area contributed by atoms with E-state index in [1.54, 1.807) is 19.1 Å². The number of methoxy groups -OCH3 is 1. The predicted octanol–water partition coefficient (Wildman–Crippen LogP) is 0.579. The van der Waals surface area contributed by atoms with Crippen LogP contribution in [0.15, 0.2) is 12.1 Å². The normalized spacial score (nSPS) is 13.0. The summed E-state index contributed by atoms with van der Waals surface area (Å²) in [7, 11) is 1.26. The number of amides is 2. The summed E-state index contributed by atoms with van der Waals surface area (Å²) >= 11 is 0.990. The van der Waals surface area contributed by atoms with Crippen molar-refractivity contribution in [1.29, 1.82) is 0 Å². The topological polar surface area (TPSA) is 137 Å². The van der Waals surface area contributed by atoms with E-state index in [0.717, 1.165) is 11.3 Å². The number of fused-ring (bicyclic) bond motifs is 1. The number of aromatic nitrogens is 2. The highest BCUT2D eigenvalue weighted by Crippen LogP contribution is 2.30.